The molecule has 0 aliphatic heterocycles. The Hall–Kier alpha value is -1.43. The molecule has 4 nitrogen and oxygen atoms in total. The Morgan fingerprint density at radius 2 is 2.27 bits per heavy atom. The lowest BCUT2D eigenvalue weighted by atomic mass is 10.1. The number of benzene rings is 1. The molecule has 0 radical (unpaired) electrons. The fourth-order valence-corrected chi connectivity index (χ4v) is 3.02. The summed E-state index contributed by atoms with van der Waals surface area (Å²) in [6.45, 7) is 2.57. The Labute approximate surface area is 139 Å². The van der Waals surface area contributed by atoms with Gasteiger partial charge in [-0.15, -0.1) is 11.3 Å². The molecule has 22 heavy (non-hydrogen) atoms. The molecular weight excluding hydrogens is 320 g/mol. The van der Waals surface area contributed by atoms with Gasteiger partial charge in [-0.3, -0.25) is 4.79 Å². The number of aromatic nitrogens is 1. The van der Waals surface area contributed by atoms with Crippen LogP contribution in [0.2, 0.25) is 5.02 Å². The summed E-state index contributed by atoms with van der Waals surface area (Å²) in [5.74, 6) is -0.0312. The van der Waals surface area contributed by atoms with E-state index < -0.39 is 0 Å². The smallest absolute Gasteiger partial charge is 0.226 e. The van der Waals surface area contributed by atoms with Crippen molar-refractivity contribution in [2.75, 3.05) is 19.0 Å². The zero-order chi connectivity index (χ0) is 15.9. The van der Waals surface area contributed by atoms with E-state index in [4.69, 9.17) is 16.3 Å². The van der Waals surface area contributed by atoms with Gasteiger partial charge in [0.1, 0.15) is 0 Å². The molecule has 0 unspecified atom stereocenters. The van der Waals surface area contributed by atoms with Crippen LogP contribution in [0.15, 0.2) is 24.4 Å². The predicted octanol–water partition coefficient (Wildman–Crippen LogP) is 4.06. The fraction of sp³-hybridized carbons (Fsp3) is 0.375. The van der Waals surface area contributed by atoms with Crippen LogP contribution < -0.4 is 5.32 Å². The van der Waals surface area contributed by atoms with Crippen molar-refractivity contribution in [3.8, 4) is 0 Å². The number of carbonyl (C=O) groups excluding carboxylic acids is 1. The summed E-state index contributed by atoms with van der Waals surface area (Å²) >= 11 is 7.62. The number of anilines is 1. The topological polar surface area (TPSA) is 51.2 Å². The van der Waals surface area contributed by atoms with Gasteiger partial charge >= 0.3 is 0 Å². The second-order valence-corrected chi connectivity index (χ2v) is 6.56. The fourth-order valence-electron chi connectivity index (χ4n) is 1.95. The van der Waals surface area contributed by atoms with E-state index in [2.05, 4.69) is 16.4 Å². The number of amides is 1. The van der Waals surface area contributed by atoms with E-state index in [0.717, 1.165) is 27.4 Å². The molecule has 2 aromatic rings. The van der Waals surface area contributed by atoms with Crippen molar-refractivity contribution in [3.63, 3.8) is 0 Å². The van der Waals surface area contributed by atoms with Gasteiger partial charge in [-0.05, 0) is 30.5 Å². The Morgan fingerprint density at radius 3 is 3.00 bits per heavy atom. The van der Waals surface area contributed by atoms with E-state index in [1.54, 1.807) is 13.3 Å². The molecular formula is C16H19ClN2O2S. The lowest BCUT2D eigenvalue weighted by Gasteiger charge is -2.02. The summed E-state index contributed by atoms with van der Waals surface area (Å²) in [5, 5.41) is 4.22. The third-order valence-electron chi connectivity index (χ3n) is 3.17. The Balaban J connectivity index is 1.90. The highest BCUT2D eigenvalue weighted by Gasteiger charge is 2.08. The predicted molar refractivity (Wildman–Crippen MR) is 90.8 cm³/mol. The molecule has 1 N–H and O–H groups in total. The molecule has 1 amide bonds. The van der Waals surface area contributed by atoms with Crippen molar-refractivity contribution in [3.05, 3.63) is 45.4 Å². The number of hydrogen-bond donors (Lipinski definition) is 1. The number of halogens is 1. The summed E-state index contributed by atoms with van der Waals surface area (Å²) < 4.78 is 4.93. The van der Waals surface area contributed by atoms with E-state index in [1.165, 1.54) is 11.3 Å². The van der Waals surface area contributed by atoms with Crippen LogP contribution in [0.5, 0.6) is 0 Å². The van der Waals surface area contributed by atoms with Crippen molar-refractivity contribution >= 4 is 34.0 Å². The Bertz CT molecular complexity index is 643. The average Bonchev–Trinajstić information content (AvgIpc) is 2.90. The zero-order valence-electron chi connectivity index (χ0n) is 12.7. The normalized spacial score (nSPS) is 10.7. The van der Waals surface area contributed by atoms with Crippen LogP contribution in [-0.4, -0.2) is 24.6 Å². The summed E-state index contributed by atoms with van der Waals surface area (Å²) in [5.41, 5.74) is 2.20. The molecule has 118 valence electrons. The van der Waals surface area contributed by atoms with Crippen molar-refractivity contribution in [2.24, 2.45) is 0 Å². The minimum absolute atomic E-state index is 0.0312. The first-order valence-electron chi connectivity index (χ1n) is 7.07. The van der Waals surface area contributed by atoms with Crippen LogP contribution in [0.1, 0.15) is 28.8 Å². The van der Waals surface area contributed by atoms with E-state index in [0.29, 0.717) is 24.6 Å². The van der Waals surface area contributed by atoms with Crippen LogP contribution in [0.25, 0.3) is 0 Å². The highest BCUT2D eigenvalue weighted by Crippen LogP contribution is 2.24. The SMILES string of the molecule is COCCCC(=O)Nc1ncc(Cc2ccc(C)c(Cl)c2)s1. The minimum atomic E-state index is -0.0312. The molecule has 1 aromatic carbocycles. The van der Waals surface area contributed by atoms with Gasteiger partial charge in [0.25, 0.3) is 0 Å². The maximum Gasteiger partial charge on any atom is 0.226 e. The van der Waals surface area contributed by atoms with Gasteiger partial charge in [0.15, 0.2) is 5.13 Å². The first-order valence-corrected chi connectivity index (χ1v) is 8.26. The maximum atomic E-state index is 11.7. The molecule has 0 saturated heterocycles. The van der Waals surface area contributed by atoms with Crippen molar-refractivity contribution in [1.82, 2.24) is 4.98 Å². The molecule has 1 aromatic heterocycles. The third-order valence-corrected chi connectivity index (χ3v) is 4.49. The zero-order valence-corrected chi connectivity index (χ0v) is 14.3. The molecule has 0 atom stereocenters. The lowest BCUT2D eigenvalue weighted by Crippen LogP contribution is -2.11. The Kier molecular flexibility index (Phi) is 6.36. The van der Waals surface area contributed by atoms with Crippen LogP contribution in [0, 0.1) is 6.92 Å². The van der Waals surface area contributed by atoms with Gasteiger partial charge in [-0.2, -0.15) is 0 Å². The van der Waals surface area contributed by atoms with Crippen LogP contribution in [0.3, 0.4) is 0 Å². The molecule has 0 fully saturated rings. The monoisotopic (exact) mass is 338 g/mol. The van der Waals surface area contributed by atoms with Crippen molar-refractivity contribution < 1.29 is 9.53 Å². The second-order valence-electron chi connectivity index (χ2n) is 5.04. The minimum Gasteiger partial charge on any atom is -0.385 e. The maximum absolute atomic E-state index is 11.7. The van der Waals surface area contributed by atoms with Gasteiger partial charge in [0.2, 0.25) is 5.91 Å². The summed E-state index contributed by atoms with van der Waals surface area (Å²) in [6, 6.07) is 6.04. The van der Waals surface area contributed by atoms with Crippen LogP contribution in [0.4, 0.5) is 5.13 Å². The highest BCUT2D eigenvalue weighted by molar-refractivity contribution is 7.15. The quantitative estimate of drug-likeness (QED) is 0.774. The van der Waals surface area contributed by atoms with Crippen molar-refractivity contribution in [1.29, 1.82) is 0 Å². The van der Waals surface area contributed by atoms with Crippen LogP contribution in [-0.2, 0) is 16.0 Å². The van der Waals surface area contributed by atoms with E-state index in [9.17, 15) is 4.79 Å². The average molecular weight is 339 g/mol. The van der Waals surface area contributed by atoms with Gasteiger partial charge in [0.05, 0.1) is 0 Å². The largest absolute Gasteiger partial charge is 0.385 e. The molecule has 2 rings (SSSR count). The molecule has 0 spiro atoms. The number of methoxy groups -OCH3 is 1. The van der Waals surface area contributed by atoms with Crippen LogP contribution >= 0.6 is 22.9 Å². The Morgan fingerprint density at radius 1 is 1.45 bits per heavy atom. The number of carbonyl (C=O) groups is 1. The molecule has 0 aliphatic rings. The second kappa shape index (κ2) is 8.27. The van der Waals surface area contributed by atoms with Gasteiger partial charge in [-0.25, -0.2) is 4.98 Å². The van der Waals surface area contributed by atoms with Crippen molar-refractivity contribution in [2.45, 2.75) is 26.2 Å². The number of rotatable bonds is 7. The summed E-state index contributed by atoms with van der Waals surface area (Å²) in [6.07, 6.45) is 3.71. The molecule has 6 heteroatoms. The number of ether oxygens (including phenoxy) is 1. The molecule has 0 bridgehead atoms. The first-order chi connectivity index (χ1) is 10.6. The lowest BCUT2D eigenvalue weighted by molar-refractivity contribution is -0.116. The summed E-state index contributed by atoms with van der Waals surface area (Å²) in [7, 11) is 1.63. The standard InChI is InChI=1S/C16H19ClN2O2S/c1-11-5-6-12(9-14(11)17)8-13-10-18-16(22-13)19-15(20)4-3-7-21-2/h5-6,9-10H,3-4,7-8H2,1-2H3,(H,18,19,20). The number of aryl methyl sites for hydroxylation is 1. The number of nitrogens with one attached hydrogen (secondary N) is 1. The van der Waals surface area contributed by atoms with E-state index in [1.807, 2.05) is 19.1 Å². The molecule has 0 saturated carbocycles. The highest BCUT2D eigenvalue weighted by atomic mass is 35.5. The first kappa shape index (κ1) is 16.9. The third kappa shape index (κ3) is 5.09. The number of hydrogen-bond acceptors (Lipinski definition) is 4. The van der Waals surface area contributed by atoms with E-state index in [-0.39, 0.29) is 5.91 Å². The molecule has 1 heterocycles. The summed E-state index contributed by atoms with van der Waals surface area (Å²) in [4.78, 5) is 17.1. The van der Waals surface area contributed by atoms with Gasteiger partial charge in [0, 0.05) is 42.7 Å². The van der Waals surface area contributed by atoms with Gasteiger partial charge in [-0.1, -0.05) is 23.7 Å². The number of nitrogens with zero attached hydrogens (tertiary/aromatic N) is 1. The van der Waals surface area contributed by atoms with Gasteiger partial charge < -0.3 is 10.1 Å². The number of thiazole rings is 1. The van der Waals surface area contributed by atoms with E-state index >= 15 is 0 Å². The molecule has 0 aliphatic carbocycles.